The number of nitrogens with zero attached hydrogens (tertiary/aromatic N) is 6. The van der Waals surface area contributed by atoms with E-state index < -0.39 is 5.97 Å². The molecule has 27 heavy (non-hydrogen) atoms. The van der Waals surface area contributed by atoms with Crippen LogP contribution < -0.4 is 0 Å². The van der Waals surface area contributed by atoms with Crippen LogP contribution in [0.1, 0.15) is 43.5 Å². The van der Waals surface area contributed by atoms with Gasteiger partial charge in [0.2, 0.25) is 0 Å². The van der Waals surface area contributed by atoms with Gasteiger partial charge in [0.15, 0.2) is 11.3 Å². The first-order valence-electron chi connectivity index (χ1n) is 8.66. The molecule has 4 rings (SSSR count). The number of hydrogen-bond acceptors (Lipinski definition) is 5. The van der Waals surface area contributed by atoms with Gasteiger partial charge in [-0.2, -0.15) is 10.2 Å². The predicted molar refractivity (Wildman–Crippen MR) is 96.6 cm³/mol. The van der Waals surface area contributed by atoms with Crippen LogP contribution in [-0.4, -0.2) is 53.0 Å². The van der Waals surface area contributed by atoms with Crippen molar-refractivity contribution in [3.8, 4) is 0 Å². The molecule has 0 spiro atoms. The molecule has 3 aromatic heterocycles. The quantitative estimate of drug-likeness (QED) is 0.729. The molecule has 9 heteroatoms. The zero-order chi connectivity index (χ0) is 19.5. The van der Waals surface area contributed by atoms with Crippen molar-refractivity contribution in [1.29, 1.82) is 0 Å². The van der Waals surface area contributed by atoms with Gasteiger partial charge in [0.05, 0.1) is 23.2 Å². The minimum Gasteiger partial charge on any atom is -0.476 e. The Labute approximate surface area is 155 Å². The second kappa shape index (κ2) is 5.90. The number of rotatable bonds is 2. The molecule has 0 fully saturated rings. The van der Waals surface area contributed by atoms with Crippen molar-refractivity contribution in [3.63, 3.8) is 0 Å². The zero-order valence-electron chi connectivity index (χ0n) is 15.6. The number of aromatic nitrogens is 5. The fraction of sp³-hybridized carbons (Fsp3) is 0.389. The molecule has 1 N–H and O–H groups in total. The Bertz CT molecular complexity index is 1110. The third-order valence-corrected chi connectivity index (χ3v) is 5.06. The summed E-state index contributed by atoms with van der Waals surface area (Å²) in [6, 6.07) is 1.77. The summed E-state index contributed by atoms with van der Waals surface area (Å²) >= 11 is 0. The summed E-state index contributed by atoms with van der Waals surface area (Å²) in [5, 5.41) is 18.6. The molecular weight excluding hydrogens is 348 g/mol. The predicted octanol–water partition coefficient (Wildman–Crippen LogP) is 1.22. The van der Waals surface area contributed by atoms with Crippen LogP contribution in [0, 0.1) is 13.8 Å². The van der Waals surface area contributed by atoms with Gasteiger partial charge in [0, 0.05) is 44.0 Å². The summed E-state index contributed by atoms with van der Waals surface area (Å²) in [4.78, 5) is 31.0. The fourth-order valence-electron chi connectivity index (χ4n) is 3.85. The molecule has 1 aliphatic rings. The summed E-state index contributed by atoms with van der Waals surface area (Å²) in [6.45, 7) is 4.43. The number of carboxylic acids is 1. The summed E-state index contributed by atoms with van der Waals surface area (Å²) in [5.41, 5.74) is 4.18. The second-order valence-electron chi connectivity index (χ2n) is 6.90. The molecule has 1 amide bonds. The number of aryl methyl sites for hydroxylation is 4. The molecule has 0 aromatic carbocycles. The first-order valence-corrected chi connectivity index (χ1v) is 8.66. The van der Waals surface area contributed by atoms with Crippen LogP contribution in [-0.2, 0) is 27.1 Å². The summed E-state index contributed by atoms with van der Waals surface area (Å²) < 4.78 is 3.27. The SMILES string of the molecule is Cc1cc(C(=O)N2CCc3c(c(C(=O)O)nn3C)C2)c2c(C)nn(C)c2n1. The molecule has 9 nitrogen and oxygen atoms in total. The molecule has 0 atom stereocenters. The highest BCUT2D eigenvalue weighted by Crippen LogP contribution is 2.27. The number of fused-ring (bicyclic) bond motifs is 2. The molecule has 0 radical (unpaired) electrons. The summed E-state index contributed by atoms with van der Waals surface area (Å²) in [6.07, 6.45) is 0.567. The maximum Gasteiger partial charge on any atom is 0.356 e. The van der Waals surface area contributed by atoms with Gasteiger partial charge in [-0.05, 0) is 19.9 Å². The monoisotopic (exact) mass is 368 g/mol. The standard InChI is InChI=1S/C18H20N6O3/c1-9-7-11(14-10(2)20-23(4)16(14)19-9)17(25)24-6-5-13-12(8-24)15(18(26)27)21-22(13)3/h7H,5-6,8H2,1-4H3,(H,26,27). The molecule has 0 saturated carbocycles. The third kappa shape index (κ3) is 2.57. The lowest BCUT2D eigenvalue weighted by molar-refractivity contribution is 0.0674. The van der Waals surface area contributed by atoms with Gasteiger partial charge in [-0.15, -0.1) is 0 Å². The lowest BCUT2D eigenvalue weighted by atomic mass is 10.0. The highest BCUT2D eigenvalue weighted by Gasteiger charge is 2.31. The molecule has 3 aromatic rings. The Morgan fingerprint density at radius 3 is 2.59 bits per heavy atom. The number of carboxylic acid groups (broad SMARTS) is 1. The Hall–Kier alpha value is -3.23. The first kappa shape index (κ1) is 17.2. The maximum absolute atomic E-state index is 13.3. The van der Waals surface area contributed by atoms with Crippen LogP contribution in [0.25, 0.3) is 11.0 Å². The van der Waals surface area contributed by atoms with E-state index in [2.05, 4.69) is 15.2 Å². The van der Waals surface area contributed by atoms with Crippen molar-refractivity contribution < 1.29 is 14.7 Å². The highest BCUT2D eigenvalue weighted by molar-refractivity contribution is 6.06. The molecule has 140 valence electrons. The van der Waals surface area contributed by atoms with Crippen molar-refractivity contribution >= 4 is 22.9 Å². The molecule has 1 aliphatic heterocycles. The van der Waals surface area contributed by atoms with Gasteiger partial charge >= 0.3 is 5.97 Å². The number of carbonyl (C=O) groups is 2. The van der Waals surface area contributed by atoms with Crippen LogP contribution in [0.15, 0.2) is 6.07 Å². The lowest BCUT2D eigenvalue weighted by Crippen LogP contribution is -2.36. The second-order valence-corrected chi connectivity index (χ2v) is 6.90. The number of pyridine rings is 1. The Morgan fingerprint density at radius 2 is 1.89 bits per heavy atom. The van der Waals surface area contributed by atoms with E-state index in [9.17, 15) is 14.7 Å². The molecule has 0 saturated heterocycles. The number of hydrogen-bond donors (Lipinski definition) is 1. The van der Waals surface area contributed by atoms with E-state index in [1.165, 1.54) is 0 Å². The highest BCUT2D eigenvalue weighted by atomic mass is 16.4. The first-order chi connectivity index (χ1) is 12.8. The zero-order valence-corrected chi connectivity index (χ0v) is 15.6. The van der Waals surface area contributed by atoms with Crippen molar-refractivity contribution in [2.24, 2.45) is 14.1 Å². The van der Waals surface area contributed by atoms with Gasteiger partial charge in [0.25, 0.3) is 5.91 Å². The summed E-state index contributed by atoms with van der Waals surface area (Å²) in [5.74, 6) is -1.22. The number of amides is 1. The van der Waals surface area contributed by atoms with Gasteiger partial charge in [0.1, 0.15) is 0 Å². The van der Waals surface area contributed by atoms with Crippen LogP contribution in [0.5, 0.6) is 0 Å². The van der Waals surface area contributed by atoms with Gasteiger partial charge < -0.3 is 10.0 Å². The van der Waals surface area contributed by atoms with Gasteiger partial charge in [-0.1, -0.05) is 0 Å². The van der Waals surface area contributed by atoms with Crippen molar-refractivity contribution in [1.82, 2.24) is 29.4 Å². The smallest absolute Gasteiger partial charge is 0.356 e. The van der Waals surface area contributed by atoms with Gasteiger partial charge in [-0.3, -0.25) is 14.2 Å². The van der Waals surface area contributed by atoms with E-state index in [4.69, 9.17) is 0 Å². The third-order valence-electron chi connectivity index (χ3n) is 5.06. The van der Waals surface area contributed by atoms with E-state index in [0.717, 1.165) is 22.5 Å². The molecular formula is C18H20N6O3. The van der Waals surface area contributed by atoms with E-state index >= 15 is 0 Å². The maximum atomic E-state index is 13.3. The van der Waals surface area contributed by atoms with Crippen LogP contribution in [0.2, 0.25) is 0 Å². The topological polar surface area (TPSA) is 106 Å². The summed E-state index contributed by atoms with van der Waals surface area (Å²) in [7, 11) is 3.54. The van der Waals surface area contributed by atoms with Crippen LogP contribution >= 0.6 is 0 Å². The minimum absolute atomic E-state index is 0.0126. The molecule has 4 heterocycles. The number of carbonyl (C=O) groups excluding carboxylic acids is 1. The van der Waals surface area contributed by atoms with E-state index in [-0.39, 0.29) is 18.1 Å². The Kier molecular flexibility index (Phi) is 3.76. The lowest BCUT2D eigenvalue weighted by Gasteiger charge is -2.28. The Balaban J connectivity index is 1.77. The molecule has 0 bridgehead atoms. The van der Waals surface area contributed by atoms with Crippen LogP contribution in [0.3, 0.4) is 0 Å². The van der Waals surface area contributed by atoms with E-state index in [1.54, 1.807) is 34.4 Å². The normalized spacial score (nSPS) is 13.9. The average Bonchev–Trinajstić information content (AvgIpc) is 3.10. The average molecular weight is 368 g/mol. The Morgan fingerprint density at radius 1 is 1.15 bits per heavy atom. The minimum atomic E-state index is -1.08. The van der Waals surface area contributed by atoms with Crippen LogP contribution in [0.4, 0.5) is 0 Å². The van der Waals surface area contributed by atoms with Crippen molar-refractivity contribution in [3.05, 3.63) is 40.0 Å². The van der Waals surface area contributed by atoms with E-state index in [1.807, 2.05) is 13.8 Å². The van der Waals surface area contributed by atoms with E-state index in [0.29, 0.717) is 29.7 Å². The largest absolute Gasteiger partial charge is 0.476 e. The molecule has 0 unspecified atom stereocenters. The number of aromatic carboxylic acids is 1. The van der Waals surface area contributed by atoms with Gasteiger partial charge in [-0.25, -0.2) is 9.78 Å². The van der Waals surface area contributed by atoms with Crippen molar-refractivity contribution in [2.45, 2.75) is 26.8 Å². The fourth-order valence-corrected chi connectivity index (χ4v) is 3.85. The van der Waals surface area contributed by atoms with Crippen molar-refractivity contribution in [2.75, 3.05) is 6.54 Å². The molecule has 0 aliphatic carbocycles.